The molecule has 2 saturated carbocycles. The number of nitrogens with zero attached hydrogens (tertiary/aromatic N) is 1. The third-order valence-corrected chi connectivity index (χ3v) is 7.21. The molecule has 2 bridgehead atoms. The van der Waals surface area contributed by atoms with Crippen LogP contribution in [0.15, 0.2) is 16.5 Å². The number of carbonyl (C=O) groups is 1. The lowest BCUT2D eigenvalue weighted by Crippen LogP contribution is -2.34. The van der Waals surface area contributed by atoms with Crippen LogP contribution < -0.4 is 5.43 Å². The van der Waals surface area contributed by atoms with Crippen LogP contribution in [-0.4, -0.2) is 11.6 Å². The average molecular weight is 318 g/mol. The minimum atomic E-state index is -0.0738. The first-order valence-electron chi connectivity index (χ1n) is 8.33. The summed E-state index contributed by atoms with van der Waals surface area (Å²) in [5.74, 6) is 0.640. The minimum Gasteiger partial charge on any atom is -0.267 e. The Morgan fingerprint density at radius 3 is 2.82 bits per heavy atom. The molecule has 1 aromatic rings. The van der Waals surface area contributed by atoms with E-state index in [1.807, 2.05) is 11.4 Å². The summed E-state index contributed by atoms with van der Waals surface area (Å²) in [4.78, 5) is 13.6. The lowest BCUT2D eigenvalue weighted by Gasteiger charge is -2.34. The molecular formula is C18H26N2OS. The molecule has 1 amide bonds. The third-order valence-electron chi connectivity index (χ3n) is 6.22. The molecule has 0 aliphatic heterocycles. The molecule has 0 saturated heterocycles. The first kappa shape index (κ1) is 15.7. The predicted molar refractivity (Wildman–Crippen MR) is 92.4 cm³/mol. The van der Waals surface area contributed by atoms with Crippen LogP contribution in [0, 0.1) is 16.7 Å². The molecule has 2 atom stereocenters. The molecule has 0 spiro atoms. The molecule has 1 N–H and O–H groups in total. The van der Waals surface area contributed by atoms with E-state index in [1.165, 1.54) is 23.4 Å². The van der Waals surface area contributed by atoms with Crippen molar-refractivity contribution in [3.05, 3.63) is 21.9 Å². The molecule has 0 unspecified atom stereocenters. The number of aryl methyl sites for hydroxylation is 1. The fourth-order valence-electron chi connectivity index (χ4n) is 4.16. The molecular weight excluding hydrogens is 292 g/mol. The Kier molecular flexibility index (Phi) is 3.92. The van der Waals surface area contributed by atoms with Gasteiger partial charge in [-0.05, 0) is 43.1 Å². The van der Waals surface area contributed by atoms with E-state index < -0.39 is 0 Å². The summed E-state index contributed by atoms with van der Waals surface area (Å²) in [5.41, 5.74) is 5.17. The van der Waals surface area contributed by atoms with Crippen LogP contribution in [0.1, 0.15) is 68.6 Å². The zero-order valence-electron chi connectivity index (χ0n) is 14.0. The molecule has 0 aromatic carbocycles. The molecule has 2 fully saturated rings. The summed E-state index contributed by atoms with van der Waals surface area (Å²) < 4.78 is 0. The van der Waals surface area contributed by atoms with Gasteiger partial charge in [0.1, 0.15) is 0 Å². The van der Waals surface area contributed by atoms with Gasteiger partial charge in [-0.15, -0.1) is 11.3 Å². The normalized spacial score (nSPS) is 30.9. The van der Waals surface area contributed by atoms with Crippen molar-refractivity contribution in [3.8, 4) is 0 Å². The Bertz CT molecular complexity index is 616. The summed E-state index contributed by atoms with van der Waals surface area (Å²) >= 11 is 1.66. The average Bonchev–Trinajstić information content (AvgIpc) is 3.07. The maximum atomic E-state index is 12.3. The van der Waals surface area contributed by atoms with Gasteiger partial charge in [-0.1, -0.05) is 34.1 Å². The van der Waals surface area contributed by atoms with Gasteiger partial charge in [-0.25, -0.2) is 5.43 Å². The van der Waals surface area contributed by atoms with E-state index in [1.54, 1.807) is 11.3 Å². The Morgan fingerprint density at radius 1 is 1.45 bits per heavy atom. The molecule has 22 heavy (non-hydrogen) atoms. The summed E-state index contributed by atoms with van der Waals surface area (Å²) in [6.07, 6.45) is 5.67. The first-order chi connectivity index (χ1) is 10.4. The number of hydrazone groups is 1. The summed E-state index contributed by atoms with van der Waals surface area (Å²) in [7, 11) is 0. The second-order valence-electron chi connectivity index (χ2n) is 7.54. The van der Waals surface area contributed by atoms with Gasteiger partial charge in [0.2, 0.25) is 0 Å². The molecule has 2 aliphatic rings. The van der Waals surface area contributed by atoms with Gasteiger partial charge in [0.25, 0.3) is 5.91 Å². The molecule has 4 heteroatoms. The van der Waals surface area contributed by atoms with Crippen molar-refractivity contribution in [1.82, 2.24) is 5.43 Å². The highest BCUT2D eigenvalue weighted by Crippen LogP contribution is 2.63. The fraction of sp³-hybridized carbons (Fsp3) is 0.667. The summed E-state index contributed by atoms with van der Waals surface area (Å²) in [6, 6.07) is 2.00. The van der Waals surface area contributed by atoms with Crippen LogP contribution in [0.4, 0.5) is 0 Å². The smallest absolute Gasteiger partial charge is 0.267 e. The van der Waals surface area contributed by atoms with E-state index in [-0.39, 0.29) is 11.3 Å². The van der Waals surface area contributed by atoms with Crippen molar-refractivity contribution < 1.29 is 4.79 Å². The van der Waals surface area contributed by atoms with E-state index >= 15 is 0 Å². The number of amides is 1. The zero-order valence-corrected chi connectivity index (χ0v) is 14.8. The molecule has 1 aromatic heterocycles. The van der Waals surface area contributed by atoms with E-state index in [0.717, 1.165) is 24.8 Å². The largest absolute Gasteiger partial charge is 0.272 e. The zero-order chi connectivity index (χ0) is 16.0. The SMILES string of the molecule is CCCc1cc(C(=O)N/N=C2\C[C@H]3CC[C@]2(C)C3(C)C)cs1. The topological polar surface area (TPSA) is 41.5 Å². The number of hydrogen-bond donors (Lipinski definition) is 1. The number of thiophene rings is 1. The standard InChI is InChI=1S/C18H26N2OS/c1-5-6-14-9-12(11-22-14)16(21)20-19-15-10-13-7-8-18(15,4)17(13,2)3/h9,11,13H,5-8,10H2,1-4H3,(H,20,21)/b19-15+/t13-,18+/m1/s1. The van der Waals surface area contributed by atoms with Crippen molar-refractivity contribution in [2.75, 3.05) is 0 Å². The van der Waals surface area contributed by atoms with Crippen LogP contribution in [0.3, 0.4) is 0 Å². The Balaban J connectivity index is 1.70. The molecule has 1 heterocycles. The Morgan fingerprint density at radius 2 is 2.23 bits per heavy atom. The van der Waals surface area contributed by atoms with Crippen LogP contribution >= 0.6 is 11.3 Å². The maximum Gasteiger partial charge on any atom is 0.272 e. The van der Waals surface area contributed by atoms with Crippen molar-refractivity contribution in [2.45, 2.75) is 59.8 Å². The van der Waals surface area contributed by atoms with E-state index in [9.17, 15) is 4.79 Å². The quantitative estimate of drug-likeness (QED) is 0.808. The van der Waals surface area contributed by atoms with Gasteiger partial charge >= 0.3 is 0 Å². The Hall–Kier alpha value is -1.16. The first-order valence-corrected chi connectivity index (χ1v) is 9.21. The molecule has 0 radical (unpaired) electrons. The number of carbonyl (C=O) groups excluding carboxylic acids is 1. The highest BCUT2D eigenvalue weighted by atomic mass is 32.1. The van der Waals surface area contributed by atoms with E-state index in [4.69, 9.17) is 0 Å². The fourth-order valence-corrected chi connectivity index (χ4v) is 5.13. The summed E-state index contributed by atoms with van der Waals surface area (Å²) in [5, 5.41) is 6.46. The second-order valence-corrected chi connectivity index (χ2v) is 8.54. The molecule has 2 aliphatic carbocycles. The Labute approximate surface area is 137 Å². The van der Waals surface area contributed by atoms with Crippen molar-refractivity contribution in [2.24, 2.45) is 21.8 Å². The van der Waals surface area contributed by atoms with Crippen LogP contribution in [0.5, 0.6) is 0 Å². The predicted octanol–water partition coefficient (Wildman–Crippen LogP) is 4.63. The molecule has 120 valence electrons. The van der Waals surface area contributed by atoms with Crippen molar-refractivity contribution in [3.63, 3.8) is 0 Å². The molecule has 3 rings (SSSR count). The van der Waals surface area contributed by atoms with Crippen molar-refractivity contribution >= 4 is 23.0 Å². The van der Waals surface area contributed by atoms with Gasteiger partial charge in [-0.3, -0.25) is 4.79 Å². The van der Waals surface area contributed by atoms with Gasteiger partial charge in [0.15, 0.2) is 0 Å². The highest BCUT2D eigenvalue weighted by Gasteiger charge is 2.59. The third kappa shape index (κ3) is 2.32. The number of hydrogen-bond acceptors (Lipinski definition) is 3. The van der Waals surface area contributed by atoms with Crippen LogP contribution in [0.25, 0.3) is 0 Å². The molecule has 3 nitrogen and oxygen atoms in total. The van der Waals surface area contributed by atoms with Gasteiger partial charge < -0.3 is 0 Å². The number of fused-ring (bicyclic) bond motifs is 2. The van der Waals surface area contributed by atoms with Crippen molar-refractivity contribution in [1.29, 1.82) is 0 Å². The summed E-state index contributed by atoms with van der Waals surface area (Å²) in [6.45, 7) is 9.17. The lowest BCUT2D eigenvalue weighted by atomic mass is 9.70. The van der Waals surface area contributed by atoms with Gasteiger partial charge in [0.05, 0.1) is 5.56 Å². The lowest BCUT2D eigenvalue weighted by molar-refractivity contribution is 0.0954. The van der Waals surface area contributed by atoms with Gasteiger partial charge in [-0.2, -0.15) is 5.10 Å². The maximum absolute atomic E-state index is 12.3. The second kappa shape index (κ2) is 5.48. The van der Waals surface area contributed by atoms with E-state index in [0.29, 0.717) is 11.3 Å². The highest BCUT2D eigenvalue weighted by molar-refractivity contribution is 7.10. The number of rotatable bonds is 4. The minimum absolute atomic E-state index is 0.0738. The monoisotopic (exact) mass is 318 g/mol. The number of nitrogens with one attached hydrogen (secondary N) is 1. The van der Waals surface area contributed by atoms with Crippen LogP contribution in [-0.2, 0) is 6.42 Å². The van der Waals surface area contributed by atoms with E-state index in [2.05, 4.69) is 38.2 Å². The van der Waals surface area contributed by atoms with Gasteiger partial charge in [0, 0.05) is 21.4 Å². The van der Waals surface area contributed by atoms with Crippen LogP contribution in [0.2, 0.25) is 0 Å².